The lowest BCUT2D eigenvalue weighted by atomic mass is 9.89. The van der Waals surface area contributed by atoms with Crippen LogP contribution in [0.1, 0.15) is 45.4 Å². The van der Waals surface area contributed by atoms with Gasteiger partial charge in [0.25, 0.3) is 0 Å². The number of imidazole rings is 2. The second kappa shape index (κ2) is 14.5. The summed E-state index contributed by atoms with van der Waals surface area (Å²) in [7, 11) is 4.01. The minimum Gasteiger partial charge on any atom is -0.376 e. The summed E-state index contributed by atoms with van der Waals surface area (Å²) in [5, 5.41) is 9.10. The van der Waals surface area contributed by atoms with Crippen LogP contribution in [0, 0.1) is 11.8 Å². The third-order valence-corrected chi connectivity index (χ3v) is 10.9. The van der Waals surface area contributed by atoms with Crippen molar-refractivity contribution in [2.45, 2.75) is 51.6 Å². The van der Waals surface area contributed by atoms with Crippen LogP contribution in [0.15, 0.2) is 73.6 Å². The third-order valence-electron chi connectivity index (χ3n) is 10.9. The van der Waals surface area contributed by atoms with Gasteiger partial charge in [0.15, 0.2) is 0 Å². The van der Waals surface area contributed by atoms with E-state index in [0.29, 0.717) is 5.92 Å². The molecule has 2 aliphatic rings. The Kier molecular flexibility index (Phi) is 9.15. The number of benzene rings is 2. The molecular weight excluding hydrogens is 677 g/mol. The van der Waals surface area contributed by atoms with E-state index >= 15 is 0 Å². The highest BCUT2D eigenvalue weighted by Crippen LogP contribution is 2.35. The van der Waals surface area contributed by atoms with E-state index in [9.17, 15) is 0 Å². The number of aryl methyl sites for hydroxylation is 2. The van der Waals surface area contributed by atoms with Gasteiger partial charge in [0, 0.05) is 57.3 Å². The van der Waals surface area contributed by atoms with E-state index in [1.165, 1.54) is 32.1 Å². The number of H-pyrrole nitrogens is 2. The van der Waals surface area contributed by atoms with Crippen LogP contribution in [0.5, 0.6) is 0 Å². The molecule has 7 heterocycles. The van der Waals surface area contributed by atoms with E-state index in [1.807, 2.05) is 65.7 Å². The smallest absolute Gasteiger partial charge is 0.145 e. The SMILES string of the molecule is CC1COC(CNc2ncnc3c2c(-c2nc4ccccc4[nH]2)cn3C)C1.Cn1cc(-c2nc3ccccc3[nH]2)c2c(NCC3CCCCC3)ncnc21. The number of rotatable bonds is 8. The lowest BCUT2D eigenvalue weighted by Gasteiger charge is -2.22. The van der Waals surface area contributed by atoms with Gasteiger partial charge in [-0.15, -0.1) is 0 Å². The summed E-state index contributed by atoms with van der Waals surface area (Å²) in [4.78, 5) is 34.5. The quantitative estimate of drug-likeness (QED) is 0.123. The average Bonchev–Trinajstić information content (AvgIpc) is 4.04. The van der Waals surface area contributed by atoms with Crippen LogP contribution in [-0.4, -0.2) is 74.8 Å². The zero-order valence-electron chi connectivity index (χ0n) is 31.0. The Morgan fingerprint density at radius 1 is 0.704 bits per heavy atom. The number of para-hydroxylation sites is 4. The molecule has 2 fully saturated rings. The standard InChI is InChI=1S/C21H24N6.C20H22N6O/c1-27-12-15(19-25-16-9-5-6-10-17(16)26-19)18-20(23-13-24-21(18)27)22-11-14-7-3-2-4-8-14;1-12-7-13(27-10-12)8-21-19-17-14(9-26(2)20(17)23-11-22-19)18-24-15-5-3-4-6-16(15)25-18/h5-6,9-10,12-14H,2-4,7-8,11H2,1H3,(H,25,26)(H,22,23,24);3-6,9,11-13H,7-8,10H2,1-2H3,(H,24,25)(H,21,22,23). The molecule has 4 N–H and O–H groups in total. The topological polar surface area (TPSA) is 152 Å². The predicted octanol–water partition coefficient (Wildman–Crippen LogP) is 7.85. The first-order valence-corrected chi connectivity index (χ1v) is 19.1. The van der Waals surface area contributed by atoms with Gasteiger partial charge in [-0.2, -0.15) is 0 Å². The minimum absolute atomic E-state index is 0.225. The molecule has 2 aromatic carbocycles. The normalized spacial score (nSPS) is 17.8. The van der Waals surface area contributed by atoms with E-state index in [1.54, 1.807) is 12.7 Å². The van der Waals surface area contributed by atoms with E-state index < -0.39 is 0 Å². The molecule has 0 spiro atoms. The number of nitrogens with zero attached hydrogens (tertiary/aromatic N) is 8. The fourth-order valence-electron chi connectivity index (χ4n) is 8.08. The van der Waals surface area contributed by atoms with E-state index in [0.717, 1.165) is 111 Å². The van der Waals surface area contributed by atoms with Crippen molar-refractivity contribution in [3.63, 3.8) is 0 Å². The fourth-order valence-corrected chi connectivity index (χ4v) is 8.08. The monoisotopic (exact) mass is 722 g/mol. The Morgan fingerprint density at radius 2 is 1.24 bits per heavy atom. The van der Waals surface area contributed by atoms with E-state index in [4.69, 9.17) is 14.7 Å². The number of nitrogens with one attached hydrogen (secondary N) is 4. The van der Waals surface area contributed by atoms with Crippen molar-refractivity contribution < 1.29 is 4.74 Å². The molecule has 0 radical (unpaired) electrons. The van der Waals surface area contributed by atoms with Gasteiger partial charge < -0.3 is 34.5 Å². The molecule has 54 heavy (non-hydrogen) atoms. The lowest BCUT2D eigenvalue weighted by Crippen LogP contribution is -2.19. The lowest BCUT2D eigenvalue weighted by molar-refractivity contribution is 0.116. The molecule has 0 amide bonds. The van der Waals surface area contributed by atoms with E-state index in [2.05, 4.69) is 65.9 Å². The highest BCUT2D eigenvalue weighted by atomic mass is 16.5. The number of ether oxygens (including phenoxy) is 1. The van der Waals surface area contributed by atoms with Gasteiger partial charge in [0.2, 0.25) is 0 Å². The van der Waals surface area contributed by atoms with Crippen LogP contribution in [0.25, 0.3) is 66.9 Å². The van der Waals surface area contributed by atoms with Crippen LogP contribution in [0.2, 0.25) is 0 Å². The highest BCUT2D eigenvalue weighted by Gasteiger charge is 2.24. The molecule has 2 atom stereocenters. The van der Waals surface area contributed by atoms with Crippen LogP contribution in [0.3, 0.4) is 0 Å². The van der Waals surface area contributed by atoms with E-state index in [-0.39, 0.29) is 6.10 Å². The molecular formula is C41H46N12O. The molecule has 6 aromatic heterocycles. The van der Waals surface area contributed by atoms with Crippen molar-refractivity contribution >= 4 is 55.8 Å². The molecule has 13 heteroatoms. The van der Waals surface area contributed by atoms with Gasteiger partial charge in [-0.25, -0.2) is 29.9 Å². The Bertz CT molecular complexity index is 2330. The Morgan fingerprint density at radius 3 is 1.76 bits per heavy atom. The molecule has 1 aliphatic heterocycles. The average molecular weight is 723 g/mol. The Labute approximate surface area is 313 Å². The summed E-state index contributed by atoms with van der Waals surface area (Å²) in [5.74, 6) is 4.76. The highest BCUT2D eigenvalue weighted by molar-refractivity contribution is 6.02. The molecule has 8 aromatic rings. The van der Waals surface area contributed by atoms with Crippen molar-refractivity contribution in [3.8, 4) is 22.8 Å². The molecule has 13 nitrogen and oxygen atoms in total. The van der Waals surface area contributed by atoms with Gasteiger partial charge in [-0.3, -0.25) is 0 Å². The first kappa shape index (κ1) is 34.0. The van der Waals surface area contributed by atoms with Gasteiger partial charge in [0.05, 0.1) is 38.9 Å². The maximum absolute atomic E-state index is 5.83. The fraction of sp³-hybridized carbons (Fsp3) is 0.366. The summed E-state index contributed by atoms with van der Waals surface area (Å²) < 4.78 is 9.89. The zero-order valence-corrected chi connectivity index (χ0v) is 31.0. The minimum atomic E-state index is 0.225. The first-order chi connectivity index (χ1) is 26.5. The number of aromatic amines is 2. The van der Waals surface area contributed by atoms with Crippen molar-refractivity contribution in [2.75, 3.05) is 30.3 Å². The molecule has 1 saturated carbocycles. The molecule has 1 saturated heterocycles. The molecule has 1 aliphatic carbocycles. The maximum atomic E-state index is 5.83. The van der Waals surface area contributed by atoms with Crippen molar-refractivity contribution in [1.82, 2.24) is 49.0 Å². The summed E-state index contributed by atoms with van der Waals surface area (Å²) >= 11 is 0. The number of fused-ring (bicyclic) bond motifs is 4. The molecule has 2 unspecified atom stereocenters. The number of hydrogen-bond donors (Lipinski definition) is 4. The summed E-state index contributed by atoms with van der Waals surface area (Å²) in [6.45, 7) is 4.77. The van der Waals surface area contributed by atoms with Gasteiger partial charge in [-0.05, 0) is 55.4 Å². The van der Waals surface area contributed by atoms with Crippen LogP contribution in [-0.2, 0) is 18.8 Å². The maximum Gasteiger partial charge on any atom is 0.145 e. The third kappa shape index (κ3) is 6.64. The summed E-state index contributed by atoms with van der Waals surface area (Å²) in [6, 6.07) is 16.2. The van der Waals surface area contributed by atoms with Crippen molar-refractivity contribution in [1.29, 1.82) is 0 Å². The summed E-state index contributed by atoms with van der Waals surface area (Å²) in [5.41, 5.74) is 7.81. The van der Waals surface area contributed by atoms with Crippen LogP contribution < -0.4 is 10.6 Å². The second-order valence-electron chi connectivity index (χ2n) is 14.9. The number of hydrogen-bond acceptors (Lipinski definition) is 9. The predicted molar refractivity (Wildman–Crippen MR) is 214 cm³/mol. The largest absolute Gasteiger partial charge is 0.376 e. The van der Waals surface area contributed by atoms with Crippen LogP contribution >= 0.6 is 0 Å². The van der Waals surface area contributed by atoms with Crippen molar-refractivity contribution in [3.05, 3.63) is 73.6 Å². The zero-order chi connectivity index (χ0) is 36.6. The first-order valence-electron chi connectivity index (χ1n) is 19.1. The van der Waals surface area contributed by atoms with Gasteiger partial charge >= 0.3 is 0 Å². The summed E-state index contributed by atoms with van der Waals surface area (Å²) in [6.07, 6.45) is 15.4. The van der Waals surface area contributed by atoms with Gasteiger partial charge in [-0.1, -0.05) is 50.5 Å². The molecule has 276 valence electrons. The molecule has 10 rings (SSSR count). The Hall–Kier alpha value is -5.82. The van der Waals surface area contributed by atoms with Crippen LogP contribution in [0.4, 0.5) is 11.6 Å². The van der Waals surface area contributed by atoms with Crippen molar-refractivity contribution in [2.24, 2.45) is 25.9 Å². The molecule has 0 bridgehead atoms. The second-order valence-corrected chi connectivity index (χ2v) is 14.9. The number of anilines is 2. The Balaban J connectivity index is 0.000000142. The van der Waals surface area contributed by atoms with Gasteiger partial charge in [0.1, 0.15) is 47.2 Å². The number of aromatic nitrogens is 10.